The second-order valence-electron chi connectivity index (χ2n) is 6.90. The van der Waals surface area contributed by atoms with Crippen LogP contribution in [-0.2, 0) is 0 Å². The highest BCUT2D eigenvalue weighted by Gasteiger charge is 2.34. The van der Waals surface area contributed by atoms with Gasteiger partial charge in [0.1, 0.15) is 5.75 Å². The lowest BCUT2D eigenvalue weighted by Gasteiger charge is -2.36. The van der Waals surface area contributed by atoms with Crippen LogP contribution in [0, 0.1) is 5.92 Å². The van der Waals surface area contributed by atoms with Gasteiger partial charge in [-0.2, -0.15) is 0 Å². The molecular formula is C18H28N2O3. The van der Waals surface area contributed by atoms with E-state index in [-0.39, 0.29) is 12.1 Å². The van der Waals surface area contributed by atoms with Crippen molar-refractivity contribution in [2.75, 3.05) is 13.2 Å². The maximum atomic E-state index is 11.9. The van der Waals surface area contributed by atoms with Crippen LogP contribution in [0.25, 0.3) is 0 Å². The van der Waals surface area contributed by atoms with E-state index in [1.807, 2.05) is 31.2 Å². The Morgan fingerprint density at radius 2 is 1.91 bits per heavy atom. The number of benzene rings is 1. The predicted octanol–water partition coefficient (Wildman–Crippen LogP) is 3.00. The summed E-state index contributed by atoms with van der Waals surface area (Å²) in [5, 5.41) is 15.6. The topological polar surface area (TPSA) is 70.6 Å². The number of carbonyl (C=O) groups excluding carboxylic acids is 1. The zero-order valence-electron chi connectivity index (χ0n) is 14.3. The first-order valence-corrected chi connectivity index (χ1v) is 8.37. The van der Waals surface area contributed by atoms with Crippen LogP contribution in [0.2, 0.25) is 0 Å². The fourth-order valence-corrected chi connectivity index (χ4v) is 2.45. The summed E-state index contributed by atoms with van der Waals surface area (Å²) in [6.07, 6.45) is 2.56. The van der Waals surface area contributed by atoms with Crippen molar-refractivity contribution in [2.24, 2.45) is 5.92 Å². The van der Waals surface area contributed by atoms with E-state index in [4.69, 9.17) is 4.74 Å². The van der Waals surface area contributed by atoms with E-state index in [2.05, 4.69) is 24.5 Å². The lowest BCUT2D eigenvalue weighted by atomic mass is 9.80. The molecule has 2 amide bonds. The van der Waals surface area contributed by atoms with E-state index in [1.165, 1.54) is 0 Å². The quantitative estimate of drug-likeness (QED) is 0.723. The third kappa shape index (κ3) is 5.43. The van der Waals surface area contributed by atoms with Crippen molar-refractivity contribution in [2.45, 2.75) is 51.7 Å². The van der Waals surface area contributed by atoms with Gasteiger partial charge in [0.25, 0.3) is 0 Å². The summed E-state index contributed by atoms with van der Waals surface area (Å²) < 4.78 is 5.65. The average molecular weight is 320 g/mol. The molecule has 128 valence electrons. The Morgan fingerprint density at radius 1 is 1.26 bits per heavy atom. The molecule has 1 aliphatic rings. The van der Waals surface area contributed by atoms with Gasteiger partial charge in [0, 0.05) is 6.54 Å². The third-order valence-electron chi connectivity index (χ3n) is 4.17. The molecule has 0 aromatic heterocycles. The second-order valence-corrected chi connectivity index (χ2v) is 6.90. The minimum Gasteiger partial charge on any atom is -0.493 e. The maximum absolute atomic E-state index is 11.9. The highest BCUT2D eigenvalue weighted by molar-refractivity contribution is 5.74. The Morgan fingerprint density at radius 3 is 2.43 bits per heavy atom. The Bertz CT molecular complexity index is 510. The number of aliphatic hydroxyl groups is 1. The average Bonchev–Trinajstić information content (AvgIpc) is 2.49. The molecule has 2 rings (SSSR count). The molecule has 1 aromatic carbocycles. The number of hydrogen-bond donors (Lipinski definition) is 3. The molecule has 1 unspecified atom stereocenters. The molecule has 0 radical (unpaired) electrons. The summed E-state index contributed by atoms with van der Waals surface area (Å²) in [4.78, 5) is 11.9. The largest absolute Gasteiger partial charge is 0.493 e. The lowest BCUT2D eigenvalue weighted by molar-refractivity contribution is -0.0290. The van der Waals surface area contributed by atoms with Crippen LogP contribution >= 0.6 is 0 Å². The van der Waals surface area contributed by atoms with E-state index in [0.717, 1.165) is 30.6 Å². The van der Waals surface area contributed by atoms with Crippen LogP contribution in [0.5, 0.6) is 5.75 Å². The van der Waals surface area contributed by atoms with Gasteiger partial charge in [-0.05, 0) is 49.8 Å². The molecular weight excluding hydrogens is 292 g/mol. The first-order valence-electron chi connectivity index (χ1n) is 8.37. The van der Waals surface area contributed by atoms with Gasteiger partial charge in [0.2, 0.25) is 0 Å². The van der Waals surface area contributed by atoms with Crippen molar-refractivity contribution in [3.63, 3.8) is 0 Å². The van der Waals surface area contributed by atoms with Crippen LogP contribution in [0.15, 0.2) is 24.3 Å². The fourth-order valence-electron chi connectivity index (χ4n) is 2.45. The van der Waals surface area contributed by atoms with E-state index >= 15 is 0 Å². The van der Waals surface area contributed by atoms with Crippen LogP contribution in [0.1, 0.15) is 51.6 Å². The molecule has 1 saturated carbocycles. The Labute approximate surface area is 138 Å². The zero-order chi connectivity index (χ0) is 16.9. The molecule has 3 N–H and O–H groups in total. The summed E-state index contributed by atoms with van der Waals surface area (Å²) in [5.41, 5.74) is 0.315. The van der Waals surface area contributed by atoms with E-state index in [0.29, 0.717) is 19.1 Å². The van der Waals surface area contributed by atoms with Crippen molar-refractivity contribution >= 4 is 6.03 Å². The van der Waals surface area contributed by atoms with Gasteiger partial charge in [0.15, 0.2) is 0 Å². The standard InChI is InChI=1S/C18H28N2O3/c1-13(2)11-23-16-7-5-15(6-8-16)14(3)20-17(21)19-12-18(22)9-4-10-18/h5-8,13-14,22H,4,9-12H2,1-3H3,(H2,19,20,21). The summed E-state index contributed by atoms with van der Waals surface area (Å²) in [7, 11) is 0. The fraction of sp³-hybridized carbons (Fsp3) is 0.611. The van der Waals surface area contributed by atoms with Crippen LogP contribution in [0.4, 0.5) is 4.79 Å². The summed E-state index contributed by atoms with van der Waals surface area (Å²) in [5.74, 6) is 1.33. The highest BCUT2D eigenvalue weighted by atomic mass is 16.5. The molecule has 5 heteroatoms. The number of hydrogen-bond acceptors (Lipinski definition) is 3. The molecule has 0 bridgehead atoms. The van der Waals surface area contributed by atoms with Gasteiger partial charge in [0.05, 0.1) is 18.2 Å². The van der Waals surface area contributed by atoms with Gasteiger partial charge in [-0.3, -0.25) is 0 Å². The van der Waals surface area contributed by atoms with Crippen LogP contribution in [0.3, 0.4) is 0 Å². The monoisotopic (exact) mass is 320 g/mol. The number of ether oxygens (including phenoxy) is 1. The molecule has 1 atom stereocenters. The van der Waals surface area contributed by atoms with Crippen molar-refractivity contribution in [3.8, 4) is 5.75 Å². The van der Waals surface area contributed by atoms with Crippen LogP contribution in [-0.4, -0.2) is 29.9 Å². The maximum Gasteiger partial charge on any atom is 0.315 e. The molecule has 1 fully saturated rings. The molecule has 1 aliphatic carbocycles. The van der Waals surface area contributed by atoms with Gasteiger partial charge in [-0.25, -0.2) is 4.79 Å². The number of amides is 2. The Hall–Kier alpha value is -1.75. The molecule has 5 nitrogen and oxygen atoms in total. The Kier molecular flexibility index (Phi) is 5.88. The summed E-state index contributed by atoms with van der Waals surface area (Å²) in [6.45, 7) is 7.16. The molecule has 1 aromatic rings. The minimum atomic E-state index is -0.698. The SMILES string of the molecule is CC(C)COc1ccc(C(C)NC(=O)NCC2(O)CCC2)cc1. The first-order chi connectivity index (χ1) is 10.9. The smallest absolute Gasteiger partial charge is 0.315 e. The lowest BCUT2D eigenvalue weighted by Crippen LogP contribution is -2.50. The zero-order valence-corrected chi connectivity index (χ0v) is 14.3. The van der Waals surface area contributed by atoms with Gasteiger partial charge < -0.3 is 20.5 Å². The molecule has 0 heterocycles. The third-order valence-corrected chi connectivity index (χ3v) is 4.17. The van der Waals surface area contributed by atoms with Gasteiger partial charge in [-0.1, -0.05) is 26.0 Å². The van der Waals surface area contributed by atoms with Gasteiger partial charge in [-0.15, -0.1) is 0 Å². The summed E-state index contributed by atoms with van der Waals surface area (Å²) in [6, 6.07) is 7.40. The Balaban J connectivity index is 1.77. The van der Waals surface area contributed by atoms with Crippen molar-refractivity contribution in [1.29, 1.82) is 0 Å². The molecule has 23 heavy (non-hydrogen) atoms. The first kappa shape index (κ1) is 17.6. The normalized spacial score (nSPS) is 17.3. The van der Waals surface area contributed by atoms with Crippen molar-refractivity contribution in [1.82, 2.24) is 10.6 Å². The minimum absolute atomic E-state index is 0.106. The number of urea groups is 1. The number of nitrogens with one attached hydrogen (secondary N) is 2. The number of rotatable bonds is 7. The molecule has 0 aliphatic heterocycles. The van der Waals surface area contributed by atoms with Crippen LogP contribution < -0.4 is 15.4 Å². The highest BCUT2D eigenvalue weighted by Crippen LogP contribution is 2.30. The molecule has 0 saturated heterocycles. The van der Waals surface area contributed by atoms with E-state index in [9.17, 15) is 9.90 Å². The molecule has 0 spiro atoms. The van der Waals surface area contributed by atoms with Crippen molar-refractivity contribution in [3.05, 3.63) is 29.8 Å². The second kappa shape index (κ2) is 7.68. The van der Waals surface area contributed by atoms with Gasteiger partial charge >= 0.3 is 6.03 Å². The predicted molar refractivity (Wildman–Crippen MR) is 90.5 cm³/mol. The van der Waals surface area contributed by atoms with Crippen molar-refractivity contribution < 1.29 is 14.6 Å². The number of carbonyl (C=O) groups is 1. The summed E-state index contributed by atoms with van der Waals surface area (Å²) >= 11 is 0. The van der Waals surface area contributed by atoms with E-state index < -0.39 is 5.60 Å². The van der Waals surface area contributed by atoms with E-state index in [1.54, 1.807) is 0 Å².